The topological polar surface area (TPSA) is 75.5 Å². The summed E-state index contributed by atoms with van der Waals surface area (Å²) in [5.41, 5.74) is 3.40. The van der Waals surface area contributed by atoms with Gasteiger partial charge < -0.3 is 9.47 Å². The summed E-state index contributed by atoms with van der Waals surface area (Å²) >= 11 is 6.36. The van der Waals surface area contributed by atoms with Gasteiger partial charge in [0, 0.05) is 55.6 Å². The molecular weight excluding hydrogens is 436 g/mol. The molecule has 7 nitrogen and oxygen atoms in total. The van der Waals surface area contributed by atoms with Gasteiger partial charge in [-0.1, -0.05) is 11.6 Å². The molecule has 162 valence electrons. The normalized spacial score (nSPS) is 15.3. The molecule has 31 heavy (non-hydrogen) atoms. The van der Waals surface area contributed by atoms with Crippen molar-refractivity contribution in [2.24, 2.45) is 0 Å². The van der Waals surface area contributed by atoms with Gasteiger partial charge in [-0.05, 0) is 56.3 Å². The molecule has 1 saturated heterocycles. The van der Waals surface area contributed by atoms with Gasteiger partial charge in [0.2, 0.25) is 10.0 Å². The molecule has 3 heterocycles. The van der Waals surface area contributed by atoms with Crippen molar-refractivity contribution in [3.05, 3.63) is 76.8 Å². The summed E-state index contributed by atoms with van der Waals surface area (Å²) in [5, 5.41) is 0.377. The minimum Gasteiger partial charge on any atom is -0.336 e. The summed E-state index contributed by atoms with van der Waals surface area (Å²) in [6.07, 6.45) is 2.87. The number of amides is 1. The van der Waals surface area contributed by atoms with Crippen molar-refractivity contribution in [2.45, 2.75) is 18.7 Å². The highest BCUT2D eigenvalue weighted by molar-refractivity contribution is 7.89. The Morgan fingerprint density at radius 1 is 1.00 bits per heavy atom. The summed E-state index contributed by atoms with van der Waals surface area (Å²) in [4.78, 5) is 18.9. The zero-order valence-electron chi connectivity index (χ0n) is 17.3. The van der Waals surface area contributed by atoms with Crippen molar-refractivity contribution in [2.75, 3.05) is 26.2 Å². The van der Waals surface area contributed by atoms with Gasteiger partial charge in [0.15, 0.2) is 0 Å². The molecule has 1 fully saturated rings. The molecule has 0 radical (unpaired) electrons. The maximum absolute atomic E-state index is 13.2. The van der Waals surface area contributed by atoms with Crippen molar-refractivity contribution < 1.29 is 13.2 Å². The standard InChI is InChI=1S/C22H23ClN4O3S/c1-16-5-6-17(2)27(16)18-7-8-21(23)20(14-18)22(28)25-10-12-26(13-11-25)31(29,30)19-4-3-9-24-15-19/h3-9,14-15H,10-13H2,1-2H3. The second kappa shape index (κ2) is 8.45. The zero-order chi connectivity index (χ0) is 22.2. The van der Waals surface area contributed by atoms with Crippen LogP contribution in [0.1, 0.15) is 21.7 Å². The maximum Gasteiger partial charge on any atom is 0.255 e. The first-order chi connectivity index (χ1) is 14.8. The Bertz CT molecular complexity index is 1200. The van der Waals surface area contributed by atoms with E-state index < -0.39 is 10.0 Å². The molecule has 0 spiro atoms. The first kappa shape index (κ1) is 21.5. The van der Waals surface area contributed by atoms with Crippen LogP contribution >= 0.6 is 11.6 Å². The number of nitrogens with zero attached hydrogens (tertiary/aromatic N) is 4. The molecule has 0 bridgehead atoms. The molecule has 0 aliphatic carbocycles. The SMILES string of the molecule is Cc1ccc(C)n1-c1ccc(Cl)c(C(=O)N2CCN(S(=O)(=O)c3cccnc3)CC2)c1. The summed E-state index contributed by atoms with van der Waals surface area (Å²) in [7, 11) is -3.63. The van der Waals surface area contributed by atoms with Crippen LogP contribution in [0.15, 0.2) is 59.8 Å². The first-order valence-corrected chi connectivity index (χ1v) is 11.7. The molecule has 9 heteroatoms. The number of aromatic nitrogens is 2. The van der Waals surface area contributed by atoms with Crippen molar-refractivity contribution >= 4 is 27.5 Å². The van der Waals surface area contributed by atoms with Gasteiger partial charge in [-0.25, -0.2) is 8.42 Å². The average Bonchev–Trinajstić information content (AvgIpc) is 3.12. The number of benzene rings is 1. The molecular formula is C22H23ClN4O3S. The van der Waals surface area contributed by atoms with E-state index in [-0.39, 0.29) is 23.9 Å². The number of rotatable bonds is 4. The fourth-order valence-electron chi connectivity index (χ4n) is 3.84. The lowest BCUT2D eigenvalue weighted by Gasteiger charge is -2.34. The smallest absolute Gasteiger partial charge is 0.255 e. The fraction of sp³-hybridized carbons (Fsp3) is 0.273. The van der Waals surface area contributed by atoms with Crippen LogP contribution in [0.4, 0.5) is 0 Å². The lowest BCUT2D eigenvalue weighted by molar-refractivity contribution is 0.0698. The van der Waals surface area contributed by atoms with Crippen LogP contribution in [-0.4, -0.2) is 59.3 Å². The molecule has 3 aromatic rings. The highest BCUT2D eigenvalue weighted by Gasteiger charge is 2.31. The number of halogens is 1. The number of carbonyl (C=O) groups excluding carboxylic acids is 1. The summed E-state index contributed by atoms with van der Waals surface area (Å²) in [6.45, 7) is 5.03. The van der Waals surface area contributed by atoms with E-state index in [1.165, 1.54) is 22.8 Å². The largest absolute Gasteiger partial charge is 0.336 e. The van der Waals surface area contributed by atoms with Crippen LogP contribution in [-0.2, 0) is 10.0 Å². The Morgan fingerprint density at radius 2 is 1.68 bits per heavy atom. The van der Waals surface area contributed by atoms with Crippen molar-refractivity contribution in [3.63, 3.8) is 0 Å². The monoisotopic (exact) mass is 458 g/mol. The summed E-state index contributed by atoms with van der Waals surface area (Å²) in [5.74, 6) is -0.201. The number of aryl methyl sites for hydroxylation is 2. The van der Waals surface area contributed by atoms with Gasteiger partial charge >= 0.3 is 0 Å². The van der Waals surface area contributed by atoms with Gasteiger partial charge in [-0.15, -0.1) is 0 Å². The van der Waals surface area contributed by atoms with Crippen molar-refractivity contribution in [3.8, 4) is 5.69 Å². The van der Waals surface area contributed by atoms with E-state index in [9.17, 15) is 13.2 Å². The van der Waals surface area contributed by atoms with Crippen molar-refractivity contribution in [1.29, 1.82) is 0 Å². The van der Waals surface area contributed by atoms with Gasteiger partial charge in [0.05, 0.1) is 10.6 Å². The van der Waals surface area contributed by atoms with Gasteiger partial charge in [-0.2, -0.15) is 4.31 Å². The van der Waals surface area contributed by atoms with Crippen LogP contribution in [0.25, 0.3) is 5.69 Å². The Morgan fingerprint density at radius 3 is 2.29 bits per heavy atom. The van der Waals surface area contributed by atoms with Crippen LogP contribution in [0.2, 0.25) is 5.02 Å². The maximum atomic E-state index is 13.2. The number of sulfonamides is 1. The molecule has 0 saturated carbocycles. The molecule has 1 aromatic carbocycles. The molecule has 1 aliphatic rings. The summed E-state index contributed by atoms with van der Waals surface area (Å²) in [6, 6.07) is 12.6. The Hall–Kier alpha value is -2.68. The molecule has 1 aliphatic heterocycles. The van der Waals surface area contributed by atoms with Crippen LogP contribution < -0.4 is 0 Å². The highest BCUT2D eigenvalue weighted by Crippen LogP contribution is 2.25. The quantitative estimate of drug-likeness (QED) is 0.601. The van der Waals surface area contributed by atoms with Gasteiger partial charge in [-0.3, -0.25) is 9.78 Å². The molecule has 0 unspecified atom stereocenters. The van der Waals surface area contributed by atoms with Crippen LogP contribution in [0, 0.1) is 13.8 Å². The van der Waals surface area contributed by atoms with E-state index in [1.807, 2.05) is 32.0 Å². The third-order valence-corrected chi connectivity index (χ3v) is 7.72. The Balaban J connectivity index is 1.52. The second-order valence-electron chi connectivity index (χ2n) is 7.50. The highest BCUT2D eigenvalue weighted by atomic mass is 35.5. The van der Waals surface area contributed by atoms with E-state index in [4.69, 9.17) is 11.6 Å². The number of pyridine rings is 1. The molecule has 0 N–H and O–H groups in total. The predicted molar refractivity (Wildman–Crippen MR) is 119 cm³/mol. The van der Waals surface area contributed by atoms with Gasteiger partial charge in [0.25, 0.3) is 5.91 Å². The second-order valence-corrected chi connectivity index (χ2v) is 9.85. The van der Waals surface area contributed by atoms with Crippen molar-refractivity contribution in [1.82, 2.24) is 18.8 Å². The Kier molecular flexibility index (Phi) is 5.88. The van der Waals surface area contributed by atoms with E-state index in [1.54, 1.807) is 23.1 Å². The molecule has 2 aromatic heterocycles. The van der Waals surface area contributed by atoms with Gasteiger partial charge in [0.1, 0.15) is 4.90 Å². The van der Waals surface area contributed by atoms with E-state index in [0.717, 1.165) is 17.1 Å². The first-order valence-electron chi connectivity index (χ1n) is 9.93. The minimum atomic E-state index is -3.63. The Labute approximate surface area is 186 Å². The number of carbonyl (C=O) groups is 1. The number of hydrogen-bond donors (Lipinski definition) is 0. The lowest BCUT2D eigenvalue weighted by Crippen LogP contribution is -2.50. The van der Waals surface area contributed by atoms with E-state index >= 15 is 0 Å². The summed E-state index contributed by atoms with van der Waals surface area (Å²) < 4.78 is 29.0. The lowest BCUT2D eigenvalue weighted by atomic mass is 10.1. The third-order valence-electron chi connectivity index (χ3n) is 5.51. The fourth-order valence-corrected chi connectivity index (χ4v) is 5.43. The molecule has 0 atom stereocenters. The zero-order valence-corrected chi connectivity index (χ0v) is 18.9. The molecule has 1 amide bonds. The molecule has 4 rings (SSSR count). The van der Waals surface area contributed by atoms with E-state index in [2.05, 4.69) is 9.55 Å². The average molecular weight is 459 g/mol. The van der Waals surface area contributed by atoms with Crippen LogP contribution in [0.5, 0.6) is 0 Å². The van der Waals surface area contributed by atoms with Crippen LogP contribution in [0.3, 0.4) is 0 Å². The third kappa shape index (κ3) is 4.11. The number of piperazine rings is 1. The predicted octanol–water partition coefficient (Wildman–Crippen LogP) is 3.29. The number of hydrogen-bond acceptors (Lipinski definition) is 4. The van der Waals surface area contributed by atoms with E-state index in [0.29, 0.717) is 23.7 Å². The minimum absolute atomic E-state index is 0.156.